The molecule has 5 nitrogen and oxygen atoms in total. The molecule has 0 fully saturated rings. The van der Waals surface area contributed by atoms with E-state index in [4.69, 9.17) is 9.47 Å². The van der Waals surface area contributed by atoms with E-state index in [0.717, 1.165) is 16.2 Å². The number of carbonyl (C=O) groups is 2. The monoisotopic (exact) mass is 347 g/mol. The number of aryl methyl sites for hydroxylation is 1. The Kier molecular flexibility index (Phi) is 6.37. The van der Waals surface area contributed by atoms with Gasteiger partial charge in [0.25, 0.3) is 0 Å². The lowest BCUT2D eigenvalue weighted by Crippen LogP contribution is -2.16. The average Bonchev–Trinajstić information content (AvgIpc) is 2.90. The van der Waals surface area contributed by atoms with Gasteiger partial charge in [-0.15, -0.1) is 11.3 Å². The molecule has 0 saturated heterocycles. The normalized spacial score (nSPS) is 10.3. The SMILES string of the molecule is CCOC(=O)c1cc(C)sc1NC(=O)Cc1ccc(OCC)cc1. The van der Waals surface area contributed by atoms with Crippen molar-refractivity contribution in [3.8, 4) is 5.75 Å². The average molecular weight is 347 g/mol. The molecule has 1 aromatic carbocycles. The van der Waals surface area contributed by atoms with Crippen LogP contribution >= 0.6 is 11.3 Å². The largest absolute Gasteiger partial charge is 0.494 e. The molecule has 0 atom stereocenters. The molecule has 2 aromatic rings. The maximum atomic E-state index is 12.2. The molecule has 128 valence electrons. The molecule has 0 aliphatic carbocycles. The van der Waals surface area contributed by atoms with Crippen molar-refractivity contribution in [3.63, 3.8) is 0 Å². The predicted molar refractivity (Wildman–Crippen MR) is 95.0 cm³/mol. The first kappa shape index (κ1) is 18.0. The summed E-state index contributed by atoms with van der Waals surface area (Å²) >= 11 is 1.36. The van der Waals surface area contributed by atoms with E-state index in [1.54, 1.807) is 13.0 Å². The summed E-state index contributed by atoms with van der Waals surface area (Å²) in [5.41, 5.74) is 1.28. The van der Waals surface area contributed by atoms with Gasteiger partial charge in [-0.05, 0) is 44.5 Å². The van der Waals surface area contributed by atoms with Gasteiger partial charge in [0.15, 0.2) is 0 Å². The third-order valence-corrected chi connectivity index (χ3v) is 4.17. The van der Waals surface area contributed by atoms with Crippen molar-refractivity contribution in [2.24, 2.45) is 0 Å². The number of amides is 1. The minimum atomic E-state index is -0.418. The number of carbonyl (C=O) groups excluding carboxylic acids is 2. The molecule has 24 heavy (non-hydrogen) atoms. The van der Waals surface area contributed by atoms with Crippen molar-refractivity contribution in [1.82, 2.24) is 0 Å². The lowest BCUT2D eigenvalue weighted by atomic mass is 10.1. The fourth-order valence-electron chi connectivity index (χ4n) is 2.19. The van der Waals surface area contributed by atoms with Crippen LogP contribution < -0.4 is 10.1 Å². The number of ether oxygens (including phenoxy) is 2. The number of hydrogen-bond donors (Lipinski definition) is 1. The van der Waals surface area contributed by atoms with Crippen LogP contribution in [0.1, 0.15) is 34.6 Å². The molecule has 0 aliphatic heterocycles. The van der Waals surface area contributed by atoms with Gasteiger partial charge in [-0.1, -0.05) is 12.1 Å². The Hall–Kier alpha value is -2.34. The smallest absolute Gasteiger partial charge is 0.341 e. The van der Waals surface area contributed by atoms with Gasteiger partial charge in [0.2, 0.25) is 5.91 Å². The minimum absolute atomic E-state index is 0.174. The Morgan fingerprint density at radius 3 is 2.46 bits per heavy atom. The molecule has 0 spiro atoms. The number of anilines is 1. The molecule has 1 N–H and O–H groups in total. The summed E-state index contributed by atoms with van der Waals surface area (Å²) in [4.78, 5) is 25.1. The summed E-state index contributed by atoms with van der Waals surface area (Å²) in [6.07, 6.45) is 0.228. The van der Waals surface area contributed by atoms with Crippen molar-refractivity contribution in [3.05, 3.63) is 46.3 Å². The summed E-state index contributed by atoms with van der Waals surface area (Å²) in [6.45, 7) is 6.46. The summed E-state index contributed by atoms with van der Waals surface area (Å²) in [7, 11) is 0. The molecule has 0 radical (unpaired) electrons. The van der Waals surface area contributed by atoms with Crippen LogP contribution in [0.5, 0.6) is 5.75 Å². The third-order valence-electron chi connectivity index (χ3n) is 3.20. The van der Waals surface area contributed by atoms with Crippen LogP contribution in [0.3, 0.4) is 0 Å². The van der Waals surface area contributed by atoms with Crippen LogP contribution in [0.15, 0.2) is 30.3 Å². The highest BCUT2D eigenvalue weighted by atomic mass is 32.1. The Morgan fingerprint density at radius 2 is 1.83 bits per heavy atom. The quantitative estimate of drug-likeness (QED) is 0.774. The number of benzene rings is 1. The lowest BCUT2D eigenvalue weighted by molar-refractivity contribution is -0.115. The number of thiophene rings is 1. The van der Waals surface area contributed by atoms with E-state index in [2.05, 4.69) is 5.32 Å². The molecule has 2 rings (SSSR count). The molecular weight excluding hydrogens is 326 g/mol. The van der Waals surface area contributed by atoms with Crippen molar-refractivity contribution in [2.45, 2.75) is 27.2 Å². The number of rotatable bonds is 7. The summed E-state index contributed by atoms with van der Waals surface area (Å²) in [5.74, 6) is 0.185. The summed E-state index contributed by atoms with van der Waals surface area (Å²) < 4.78 is 10.4. The van der Waals surface area contributed by atoms with Gasteiger partial charge in [0, 0.05) is 4.88 Å². The van der Waals surface area contributed by atoms with Crippen molar-refractivity contribution >= 4 is 28.2 Å². The van der Waals surface area contributed by atoms with Crippen LogP contribution in [0, 0.1) is 6.92 Å². The van der Waals surface area contributed by atoms with Gasteiger partial charge >= 0.3 is 5.97 Å². The first-order chi connectivity index (χ1) is 11.5. The van der Waals surface area contributed by atoms with Crippen molar-refractivity contribution in [1.29, 1.82) is 0 Å². The van der Waals surface area contributed by atoms with Gasteiger partial charge in [-0.3, -0.25) is 4.79 Å². The van der Waals surface area contributed by atoms with Crippen molar-refractivity contribution < 1.29 is 19.1 Å². The Balaban J connectivity index is 2.03. The molecule has 1 heterocycles. The van der Waals surface area contributed by atoms with E-state index in [0.29, 0.717) is 23.8 Å². The third kappa shape index (κ3) is 4.83. The van der Waals surface area contributed by atoms with Crippen LogP contribution in [0.25, 0.3) is 0 Å². The summed E-state index contributed by atoms with van der Waals surface area (Å²) in [6, 6.07) is 9.12. The minimum Gasteiger partial charge on any atom is -0.494 e. The first-order valence-corrected chi connectivity index (χ1v) is 8.64. The Morgan fingerprint density at radius 1 is 1.12 bits per heavy atom. The van der Waals surface area contributed by atoms with Gasteiger partial charge in [0.05, 0.1) is 25.2 Å². The molecule has 0 unspecified atom stereocenters. The maximum absolute atomic E-state index is 12.2. The standard InChI is InChI=1S/C18H21NO4S/c1-4-22-14-8-6-13(7-9-14)11-16(20)19-17-15(10-12(3)24-17)18(21)23-5-2/h6-10H,4-5,11H2,1-3H3,(H,19,20). The maximum Gasteiger partial charge on any atom is 0.341 e. The van der Waals surface area contributed by atoms with Gasteiger partial charge in [0.1, 0.15) is 10.8 Å². The zero-order chi connectivity index (χ0) is 17.5. The fourth-order valence-corrected chi connectivity index (χ4v) is 3.11. The Bertz CT molecular complexity index is 706. The predicted octanol–water partition coefficient (Wildman–Crippen LogP) is 3.81. The van der Waals surface area contributed by atoms with Gasteiger partial charge < -0.3 is 14.8 Å². The Labute approximate surface area is 145 Å². The molecule has 6 heteroatoms. The zero-order valence-corrected chi connectivity index (χ0v) is 14.9. The van der Waals surface area contributed by atoms with E-state index >= 15 is 0 Å². The fraction of sp³-hybridized carbons (Fsp3) is 0.333. The second-order valence-electron chi connectivity index (χ2n) is 5.12. The number of nitrogens with one attached hydrogen (secondary N) is 1. The molecular formula is C18H21NO4S. The van der Waals surface area contributed by atoms with E-state index in [9.17, 15) is 9.59 Å². The number of esters is 1. The van der Waals surface area contributed by atoms with Gasteiger partial charge in [-0.2, -0.15) is 0 Å². The molecule has 0 aliphatic rings. The first-order valence-electron chi connectivity index (χ1n) is 7.82. The number of hydrogen-bond acceptors (Lipinski definition) is 5. The highest BCUT2D eigenvalue weighted by molar-refractivity contribution is 7.16. The molecule has 1 aromatic heterocycles. The van der Waals surface area contributed by atoms with Gasteiger partial charge in [-0.25, -0.2) is 4.79 Å². The summed E-state index contributed by atoms with van der Waals surface area (Å²) in [5, 5.41) is 3.34. The lowest BCUT2D eigenvalue weighted by Gasteiger charge is -2.07. The molecule has 0 saturated carbocycles. The van der Waals surface area contributed by atoms with E-state index in [-0.39, 0.29) is 12.3 Å². The highest BCUT2D eigenvalue weighted by Crippen LogP contribution is 2.28. The van der Waals surface area contributed by atoms with Crippen LogP contribution in [-0.2, 0) is 16.0 Å². The second kappa shape index (κ2) is 8.49. The second-order valence-corrected chi connectivity index (χ2v) is 6.38. The van der Waals surface area contributed by atoms with Crippen LogP contribution in [0.4, 0.5) is 5.00 Å². The van der Waals surface area contributed by atoms with E-state index in [1.807, 2.05) is 38.1 Å². The van der Waals surface area contributed by atoms with Crippen LogP contribution in [0.2, 0.25) is 0 Å². The van der Waals surface area contributed by atoms with E-state index < -0.39 is 5.97 Å². The molecule has 0 bridgehead atoms. The van der Waals surface area contributed by atoms with Crippen molar-refractivity contribution in [2.75, 3.05) is 18.5 Å². The molecule has 1 amide bonds. The highest BCUT2D eigenvalue weighted by Gasteiger charge is 2.18. The van der Waals surface area contributed by atoms with Crippen LogP contribution in [-0.4, -0.2) is 25.1 Å². The zero-order valence-electron chi connectivity index (χ0n) is 14.0. The topological polar surface area (TPSA) is 64.6 Å². The van der Waals surface area contributed by atoms with E-state index in [1.165, 1.54) is 11.3 Å².